The fraction of sp³-hybridized carbons (Fsp3) is 0.250. The minimum atomic E-state index is -0.425. The highest BCUT2D eigenvalue weighted by atomic mass is 35.5. The number of hydrogen-bond donors (Lipinski definition) is 0. The Morgan fingerprint density at radius 2 is 1.83 bits per heavy atom. The molecule has 7 heteroatoms. The number of nitrogens with zero attached hydrogens (tertiary/aromatic N) is 3. The zero-order valence-electron chi connectivity index (χ0n) is 13.3. The van der Waals surface area contributed by atoms with Gasteiger partial charge in [-0.1, -0.05) is 18.2 Å². The van der Waals surface area contributed by atoms with E-state index in [-0.39, 0.29) is 24.8 Å². The molecule has 5 nitrogen and oxygen atoms in total. The maximum atomic E-state index is 12.5. The van der Waals surface area contributed by atoms with Gasteiger partial charge in [0.1, 0.15) is 0 Å². The Morgan fingerprint density at radius 3 is 2.39 bits per heavy atom. The summed E-state index contributed by atoms with van der Waals surface area (Å²) in [5, 5.41) is 0. The van der Waals surface area contributed by atoms with E-state index in [2.05, 4.69) is 4.98 Å². The summed E-state index contributed by atoms with van der Waals surface area (Å²) in [6, 6.07) is 11.2. The number of aryl methyl sites for hydroxylation is 1. The Balaban J connectivity index is 0.00000242. The molecule has 0 fully saturated rings. The Bertz CT molecular complexity index is 609. The van der Waals surface area contributed by atoms with Crippen LogP contribution >= 0.6 is 24.8 Å². The molecule has 0 atom stereocenters. The number of anilines is 1. The van der Waals surface area contributed by atoms with Gasteiger partial charge in [0.05, 0.1) is 18.6 Å². The predicted octanol–water partition coefficient (Wildman–Crippen LogP) is 3.76. The first-order valence-corrected chi connectivity index (χ1v) is 6.67. The topological polar surface area (TPSA) is 45.7 Å². The summed E-state index contributed by atoms with van der Waals surface area (Å²) in [4.78, 5) is 19.9. The molecule has 126 valence electrons. The van der Waals surface area contributed by atoms with Crippen LogP contribution in [0.2, 0.25) is 0 Å². The van der Waals surface area contributed by atoms with Gasteiger partial charge in [-0.25, -0.2) is 4.79 Å². The molecule has 23 heavy (non-hydrogen) atoms. The van der Waals surface area contributed by atoms with E-state index >= 15 is 0 Å². The van der Waals surface area contributed by atoms with E-state index in [9.17, 15) is 4.79 Å². The van der Waals surface area contributed by atoms with Crippen molar-refractivity contribution in [1.29, 1.82) is 0 Å². The summed E-state index contributed by atoms with van der Waals surface area (Å²) in [5.74, 6) is 0.430. The van der Waals surface area contributed by atoms with Crippen LogP contribution in [0.3, 0.4) is 0 Å². The first-order valence-electron chi connectivity index (χ1n) is 6.67. The molecule has 0 N–H and O–H groups in total. The van der Waals surface area contributed by atoms with Gasteiger partial charge in [-0.15, -0.1) is 24.8 Å². The van der Waals surface area contributed by atoms with Crippen molar-refractivity contribution in [2.45, 2.75) is 6.92 Å². The van der Waals surface area contributed by atoms with Gasteiger partial charge in [-0.3, -0.25) is 14.8 Å². The third kappa shape index (κ3) is 6.06. The molecule has 0 unspecified atom stereocenters. The summed E-state index contributed by atoms with van der Waals surface area (Å²) < 4.78 is 5.38. The lowest BCUT2D eigenvalue weighted by molar-refractivity contribution is 0.203. The normalized spacial score (nSPS) is 9.57. The van der Waals surface area contributed by atoms with Gasteiger partial charge < -0.3 is 4.74 Å². The van der Waals surface area contributed by atoms with Gasteiger partial charge in [0.15, 0.2) is 5.75 Å². The first kappa shape index (κ1) is 21.2. The number of halogens is 2. The zero-order valence-corrected chi connectivity index (χ0v) is 14.9. The molecule has 1 amide bonds. The van der Waals surface area contributed by atoms with Crippen LogP contribution in [0, 0.1) is 6.92 Å². The van der Waals surface area contributed by atoms with Crippen molar-refractivity contribution in [2.75, 3.05) is 25.7 Å². The molecular formula is C16H21Cl2N3O2. The molecule has 0 aliphatic heterocycles. The van der Waals surface area contributed by atoms with E-state index < -0.39 is 6.09 Å². The highest BCUT2D eigenvalue weighted by Crippen LogP contribution is 2.21. The standard InChI is InChI=1S/C16H19N3O2.2ClH/c1-13-7-4-5-9-15(13)19(12-18(2)3)16(20)21-14-8-6-10-17-11-14;;/h4-11H,12H2,1-3H3;2*1H. The van der Waals surface area contributed by atoms with Crippen molar-refractivity contribution in [3.05, 3.63) is 54.4 Å². The van der Waals surface area contributed by atoms with Crippen molar-refractivity contribution in [3.63, 3.8) is 0 Å². The minimum Gasteiger partial charge on any atom is -0.408 e. The van der Waals surface area contributed by atoms with Crippen LogP contribution in [0.4, 0.5) is 10.5 Å². The van der Waals surface area contributed by atoms with Gasteiger partial charge in [-0.05, 0) is 44.8 Å². The molecule has 1 aromatic carbocycles. The van der Waals surface area contributed by atoms with E-state index in [1.165, 1.54) is 6.20 Å². The summed E-state index contributed by atoms with van der Waals surface area (Å²) in [7, 11) is 3.81. The van der Waals surface area contributed by atoms with Crippen LogP contribution in [0.1, 0.15) is 5.56 Å². The number of rotatable bonds is 4. The van der Waals surface area contributed by atoms with Crippen molar-refractivity contribution in [1.82, 2.24) is 9.88 Å². The molecule has 0 saturated carbocycles. The number of carbonyl (C=O) groups is 1. The van der Waals surface area contributed by atoms with Gasteiger partial charge in [-0.2, -0.15) is 0 Å². The molecule has 0 aliphatic rings. The number of para-hydroxylation sites is 1. The second-order valence-electron chi connectivity index (χ2n) is 4.99. The third-order valence-electron chi connectivity index (χ3n) is 2.89. The lowest BCUT2D eigenvalue weighted by atomic mass is 10.2. The van der Waals surface area contributed by atoms with Crippen LogP contribution in [0.5, 0.6) is 5.75 Å². The number of carbonyl (C=O) groups excluding carboxylic acids is 1. The zero-order chi connectivity index (χ0) is 15.2. The molecular weight excluding hydrogens is 337 g/mol. The molecule has 1 heterocycles. The number of ether oxygens (including phenoxy) is 1. The van der Waals surface area contributed by atoms with Crippen LogP contribution in [-0.4, -0.2) is 36.7 Å². The number of amides is 1. The van der Waals surface area contributed by atoms with Crippen LogP contribution in [0.25, 0.3) is 0 Å². The number of pyridine rings is 1. The average molecular weight is 358 g/mol. The van der Waals surface area contributed by atoms with E-state index in [1.807, 2.05) is 50.2 Å². The summed E-state index contributed by atoms with van der Waals surface area (Å²) in [6.45, 7) is 2.40. The molecule has 1 aromatic heterocycles. The molecule has 0 radical (unpaired) electrons. The molecule has 0 saturated heterocycles. The Kier molecular flexibility index (Phi) is 9.25. The Labute approximate surface area is 149 Å². The Hall–Kier alpha value is -1.82. The number of hydrogen-bond acceptors (Lipinski definition) is 4. The van der Waals surface area contributed by atoms with E-state index in [0.29, 0.717) is 12.4 Å². The van der Waals surface area contributed by atoms with Crippen molar-refractivity contribution in [2.24, 2.45) is 0 Å². The van der Waals surface area contributed by atoms with Crippen molar-refractivity contribution < 1.29 is 9.53 Å². The Morgan fingerprint density at radius 1 is 1.13 bits per heavy atom. The maximum absolute atomic E-state index is 12.5. The lowest BCUT2D eigenvalue weighted by Gasteiger charge is -2.26. The van der Waals surface area contributed by atoms with Gasteiger partial charge in [0, 0.05) is 6.20 Å². The van der Waals surface area contributed by atoms with Crippen molar-refractivity contribution in [3.8, 4) is 5.75 Å². The van der Waals surface area contributed by atoms with Crippen molar-refractivity contribution >= 4 is 36.6 Å². The fourth-order valence-electron chi connectivity index (χ4n) is 1.94. The predicted molar refractivity (Wildman–Crippen MR) is 97.0 cm³/mol. The SMILES string of the molecule is Cc1ccccc1N(CN(C)C)C(=O)Oc1cccnc1.Cl.Cl. The quantitative estimate of drug-likeness (QED) is 0.781. The van der Waals surface area contributed by atoms with E-state index in [4.69, 9.17) is 4.74 Å². The largest absolute Gasteiger partial charge is 0.420 e. The highest BCUT2D eigenvalue weighted by molar-refractivity contribution is 5.89. The van der Waals surface area contributed by atoms with E-state index in [1.54, 1.807) is 23.2 Å². The molecule has 2 aromatic rings. The second-order valence-corrected chi connectivity index (χ2v) is 4.99. The smallest absolute Gasteiger partial charge is 0.408 e. The van der Waals surface area contributed by atoms with Gasteiger partial charge >= 0.3 is 6.09 Å². The summed E-state index contributed by atoms with van der Waals surface area (Å²) in [6.07, 6.45) is 2.73. The minimum absolute atomic E-state index is 0. The monoisotopic (exact) mass is 357 g/mol. The first-order chi connectivity index (χ1) is 10.1. The van der Waals surface area contributed by atoms with Crippen LogP contribution in [-0.2, 0) is 0 Å². The molecule has 2 rings (SSSR count). The number of benzene rings is 1. The lowest BCUT2D eigenvalue weighted by Crippen LogP contribution is -2.40. The molecule has 0 bridgehead atoms. The second kappa shape index (κ2) is 10.0. The average Bonchev–Trinajstić information content (AvgIpc) is 2.46. The highest BCUT2D eigenvalue weighted by Gasteiger charge is 2.20. The maximum Gasteiger partial charge on any atom is 0.420 e. The molecule has 0 aliphatic carbocycles. The third-order valence-corrected chi connectivity index (χ3v) is 2.89. The van der Waals surface area contributed by atoms with Crippen LogP contribution in [0.15, 0.2) is 48.8 Å². The summed E-state index contributed by atoms with van der Waals surface area (Å²) in [5.41, 5.74) is 1.85. The van der Waals surface area contributed by atoms with Crippen LogP contribution < -0.4 is 9.64 Å². The number of aromatic nitrogens is 1. The van der Waals surface area contributed by atoms with Gasteiger partial charge in [0.25, 0.3) is 0 Å². The molecule has 0 spiro atoms. The fourth-order valence-corrected chi connectivity index (χ4v) is 1.94. The van der Waals surface area contributed by atoms with E-state index in [0.717, 1.165) is 11.3 Å². The van der Waals surface area contributed by atoms with Gasteiger partial charge in [0.2, 0.25) is 0 Å². The summed E-state index contributed by atoms with van der Waals surface area (Å²) >= 11 is 0.